The highest BCUT2D eigenvalue weighted by atomic mass is 19.4. The van der Waals surface area contributed by atoms with Crippen LogP contribution in [0, 0.1) is 0 Å². The summed E-state index contributed by atoms with van der Waals surface area (Å²) in [5.41, 5.74) is 5.84. The molecule has 0 saturated heterocycles. The smallest absolute Gasteiger partial charge is 0.382 e. The number of nitrogens with two attached hydrogens (primary N) is 1. The third-order valence-electron chi connectivity index (χ3n) is 3.79. The number of anilines is 1. The van der Waals surface area contributed by atoms with E-state index in [0.29, 0.717) is 17.8 Å². The van der Waals surface area contributed by atoms with E-state index in [-0.39, 0.29) is 11.6 Å². The molecule has 5 nitrogen and oxygen atoms in total. The zero-order valence-corrected chi connectivity index (χ0v) is 13.8. The summed E-state index contributed by atoms with van der Waals surface area (Å²) in [7, 11) is 3.54. The molecular formula is C17H19F3N4O. The molecule has 2 rings (SSSR count). The second kappa shape index (κ2) is 7.52. The summed E-state index contributed by atoms with van der Waals surface area (Å²) in [4.78, 5) is 17.1. The highest BCUT2D eigenvalue weighted by molar-refractivity contribution is 5.98. The van der Waals surface area contributed by atoms with Gasteiger partial charge in [0.05, 0.1) is 22.9 Å². The number of aromatic nitrogens is 1. The maximum Gasteiger partial charge on any atom is 0.416 e. The molecule has 0 aliphatic rings. The fourth-order valence-corrected chi connectivity index (χ4v) is 2.47. The first-order valence-electron chi connectivity index (χ1n) is 7.51. The number of hydrogen-bond acceptors (Lipinski definition) is 4. The monoisotopic (exact) mass is 352 g/mol. The van der Waals surface area contributed by atoms with Crippen LogP contribution in [-0.4, -0.2) is 36.4 Å². The van der Waals surface area contributed by atoms with Crippen molar-refractivity contribution in [1.29, 1.82) is 0 Å². The molecule has 1 aromatic carbocycles. The van der Waals surface area contributed by atoms with Crippen LogP contribution in [0.2, 0.25) is 0 Å². The molecule has 0 aliphatic carbocycles. The number of alkyl halides is 3. The van der Waals surface area contributed by atoms with Gasteiger partial charge >= 0.3 is 6.18 Å². The minimum absolute atomic E-state index is 0.226. The van der Waals surface area contributed by atoms with Gasteiger partial charge in [0, 0.05) is 18.9 Å². The number of primary amides is 1. The number of rotatable bonds is 6. The Morgan fingerprint density at radius 2 is 2.04 bits per heavy atom. The number of carbonyl (C=O) groups is 1. The van der Waals surface area contributed by atoms with Gasteiger partial charge in [-0.3, -0.25) is 9.78 Å². The Balaban J connectivity index is 2.25. The summed E-state index contributed by atoms with van der Waals surface area (Å²) in [6, 6.07) is 6.46. The van der Waals surface area contributed by atoms with E-state index in [9.17, 15) is 18.0 Å². The number of likely N-dealkylation sites (N-methyl/N-ethyl adjacent to an activating group) is 1. The van der Waals surface area contributed by atoms with Crippen LogP contribution in [0.5, 0.6) is 0 Å². The Hall–Kier alpha value is -2.61. The molecule has 0 saturated carbocycles. The number of hydrogen-bond donors (Lipinski definition) is 2. The first-order valence-corrected chi connectivity index (χ1v) is 7.51. The standard InChI is InChI=1S/C17H19F3N4O/c1-24(2)15(11-4-3-5-12(8-11)17(18,19)20)10-23-14-6-7-22-9-13(14)16(21)25/h3-9,15H,10H2,1-2H3,(H2,21,25)(H,22,23). The van der Waals surface area contributed by atoms with Gasteiger partial charge in [0.1, 0.15) is 0 Å². The lowest BCUT2D eigenvalue weighted by Crippen LogP contribution is -2.28. The largest absolute Gasteiger partial charge is 0.416 e. The van der Waals surface area contributed by atoms with Crippen molar-refractivity contribution < 1.29 is 18.0 Å². The molecule has 0 aliphatic heterocycles. The molecule has 1 heterocycles. The van der Waals surface area contributed by atoms with Gasteiger partial charge in [0.25, 0.3) is 5.91 Å². The maximum absolute atomic E-state index is 12.9. The molecule has 8 heteroatoms. The first-order chi connectivity index (χ1) is 11.7. The molecule has 2 aromatic rings. The van der Waals surface area contributed by atoms with Crippen molar-refractivity contribution in [1.82, 2.24) is 9.88 Å². The van der Waals surface area contributed by atoms with E-state index in [0.717, 1.165) is 12.1 Å². The summed E-state index contributed by atoms with van der Waals surface area (Å²) < 4.78 is 38.8. The van der Waals surface area contributed by atoms with Gasteiger partial charge in [-0.05, 0) is 37.9 Å². The Labute approximate surface area is 143 Å². The number of nitrogens with one attached hydrogen (secondary N) is 1. The van der Waals surface area contributed by atoms with E-state index in [4.69, 9.17) is 5.73 Å². The Morgan fingerprint density at radius 1 is 1.32 bits per heavy atom. The van der Waals surface area contributed by atoms with Gasteiger partial charge in [-0.2, -0.15) is 13.2 Å². The van der Waals surface area contributed by atoms with E-state index < -0.39 is 17.6 Å². The molecule has 0 radical (unpaired) electrons. The van der Waals surface area contributed by atoms with Crippen LogP contribution in [0.3, 0.4) is 0 Å². The Kier molecular flexibility index (Phi) is 5.63. The average Bonchev–Trinajstić information content (AvgIpc) is 2.54. The summed E-state index contributed by atoms with van der Waals surface area (Å²) in [6.07, 6.45) is -1.55. The van der Waals surface area contributed by atoms with E-state index in [1.54, 1.807) is 31.1 Å². The van der Waals surface area contributed by atoms with Crippen LogP contribution in [-0.2, 0) is 6.18 Å². The molecule has 1 amide bonds. The van der Waals surface area contributed by atoms with Crippen LogP contribution in [0.1, 0.15) is 27.5 Å². The van der Waals surface area contributed by atoms with Gasteiger partial charge in [-0.25, -0.2) is 0 Å². The summed E-state index contributed by atoms with van der Waals surface area (Å²) >= 11 is 0. The van der Waals surface area contributed by atoms with E-state index in [2.05, 4.69) is 10.3 Å². The number of halogens is 3. The van der Waals surface area contributed by atoms with Gasteiger partial charge < -0.3 is 16.0 Å². The highest BCUT2D eigenvalue weighted by Gasteiger charge is 2.31. The van der Waals surface area contributed by atoms with Crippen molar-refractivity contribution in [3.05, 3.63) is 59.4 Å². The van der Waals surface area contributed by atoms with Crippen molar-refractivity contribution in [2.45, 2.75) is 12.2 Å². The van der Waals surface area contributed by atoms with Crippen molar-refractivity contribution in [3.8, 4) is 0 Å². The van der Waals surface area contributed by atoms with Crippen LogP contribution in [0.15, 0.2) is 42.7 Å². The fourth-order valence-electron chi connectivity index (χ4n) is 2.47. The first kappa shape index (κ1) is 18.7. The quantitative estimate of drug-likeness (QED) is 0.839. The Bertz CT molecular complexity index is 747. The average molecular weight is 352 g/mol. The predicted octanol–water partition coefficient (Wildman–Crippen LogP) is 2.91. The van der Waals surface area contributed by atoms with Gasteiger partial charge in [0.15, 0.2) is 0 Å². The summed E-state index contributed by atoms with van der Waals surface area (Å²) in [5.74, 6) is -0.629. The lowest BCUT2D eigenvalue weighted by molar-refractivity contribution is -0.137. The van der Waals surface area contributed by atoms with Crippen molar-refractivity contribution >= 4 is 11.6 Å². The van der Waals surface area contributed by atoms with Gasteiger partial charge in [-0.15, -0.1) is 0 Å². The second-order valence-corrected chi connectivity index (χ2v) is 5.77. The van der Waals surface area contributed by atoms with E-state index in [1.807, 2.05) is 0 Å². The highest BCUT2D eigenvalue weighted by Crippen LogP contribution is 2.31. The minimum Gasteiger partial charge on any atom is -0.382 e. The molecule has 134 valence electrons. The van der Waals surface area contributed by atoms with Crippen LogP contribution in [0.4, 0.5) is 18.9 Å². The number of benzene rings is 1. The number of amides is 1. The molecule has 25 heavy (non-hydrogen) atoms. The predicted molar refractivity (Wildman–Crippen MR) is 89.1 cm³/mol. The molecule has 0 spiro atoms. The normalized spacial score (nSPS) is 12.9. The minimum atomic E-state index is -4.40. The third-order valence-corrected chi connectivity index (χ3v) is 3.79. The number of carbonyl (C=O) groups excluding carboxylic acids is 1. The molecule has 1 atom stereocenters. The van der Waals surface area contributed by atoms with Crippen molar-refractivity contribution in [3.63, 3.8) is 0 Å². The zero-order chi connectivity index (χ0) is 18.6. The summed E-state index contributed by atoms with van der Waals surface area (Å²) in [5, 5.41) is 3.07. The molecule has 3 N–H and O–H groups in total. The molecule has 0 bridgehead atoms. The third kappa shape index (κ3) is 4.69. The van der Waals surface area contributed by atoms with E-state index in [1.165, 1.54) is 18.5 Å². The lowest BCUT2D eigenvalue weighted by atomic mass is 10.0. The summed E-state index contributed by atoms with van der Waals surface area (Å²) in [6.45, 7) is 0.290. The SMILES string of the molecule is CN(C)C(CNc1ccncc1C(N)=O)c1cccc(C(F)(F)F)c1. The van der Waals surface area contributed by atoms with Gasteiger partial charge in [0.2, 0.25) is 0 Å². The molecular weight excluding hydrogens is 333 g/mol. The molecule has 1 unspecified atom stereocenters. The lowest BCUT2D eigenvalue weighted by Gasteiger charge is -2.26. The Morgan fingerprint density at radius 3 is 2.64 bits per heavy atom. The van der Waals surface area contributed by atoms with Crippen LogP contribution < -0.4 is 11.1 Å². The van der Waals surface area contributed by atoms with Crippen LogP contribution in [0.25, 0.3) is 0 Å². The van der Waals surface area contributed by atoms with E-state index >= 15 is 0 Å². The fraction of sp³-hybridized carbons (Fsp3) is 0.294. The molecule has 1 aromatic heterocycles. The number of nitrogens with zero attached hydrogens (tertiary/aromatic N) is 2. The number of pyridine rings is 1. The topological polar surface area (TPSA) is 71.2 Å². The van der Waals surface area contributed by atoms with Gasteiger partial charge in [-0.1, -0.05) is 12.1 Å². The van der Waals surface area contributed by atoms with Crippen molar-refractivity contribution in [2.24, 2.45) is 5.73 Å². The van der Waals surface area contributed by atoms with Crippen LogP contribution >= 0.6 is 0 Å². The van der Waals surface area contributed by atoms with Crippen molar-refractivity contribution in [2.75, 3.05) is 26.0 Å². The maximum atomic E-state index is 12.9. The second-order valence-electron chi connectivity index (χ2n) is 5.77. The zero-order valence-electron chi connectivity index (χ0n) is 13.8. The molecule has 0 fully saturated rings.